The molecule has 10 heteroatoms. The highest BCUT2D eigenvalue weighted by Crippen LogP contribution is 2.25. The first-order valence-electron chi connectivity index (χ1n) is 31.1. The predicted molar refractivity (Wildman–Crippen MR) is 381 cm³/mol. The summed E-state index contributed by atoms with van der Waals surface area (Å²) in [5, 5.41) is 0. The second-order valence-corrected chi connectivity index (χ2v) is 20.7. The minimum Gasteiger partial charge on any atom is -0.283 e. The lowest BCUT2D eigenvalue weighted by Crippen LogP contribution is -2.01. The van der Waals surface area contributed by atoms with Crippen molar-refractivity contribution in [2.24, 2.45) is 25.0 Å². The maximum atomic E-state index is 4.77. The number of hydrogen-bond acceptors (Lipinski definition) is 10. The van der Waals surface area contributed by atoms with Crippen LogP contribution in [0.1, 0.15) is 139 Å². The third-order valence-electron chi connectivity index (χ3n) is 14.1. The lowest BCUT2D eigenvalue weighted by Gasteiger charge is -2.13. The van der Waals surface area contributed by atoms with Crippen LogP contribution >= 0.6 is 0 Å². The van der Waals surface area contributed by atoms with E-state index in [0.29, 0.717) is 0 Å². The first kappa shape index (κ1) is 67.7. The molecule has 0 aliphatic rings. The molecule has 0 saturated carbocycles. The van der Waals surface area contributed by atoms with Gasteiger partial charge in [0.25, 0.3) is 0 Å². The molecule has 0 aliphatic carbocycles. The summed E-state index contributed by atoms with van der Waals surface area (Å²) in [7, 11) is 0. The Morgan fingerprint density at radius 1 is 0.275 bits per heavy atom. The highest BCUT2D eigenvalue weighted by atomic mass is 14.8. The Balaban J connectivity index is 0.000000162. The molecule has 0 saturated heterocycles. The Bertz CT molecular complexity index is 3550. The van der Waals surface area contributed by atoms with Crippen LogP contribution in [0.25, 0.3) is 0 Å². The van der Waals surface area contributed by atoms with Crippen molar-refractivity contribution in [3.63, 3.8) is 0 Å². The summed E-state index contributed by atoms with van der Waals surface area (Å²) in [5.74, 6) is 0. The van der Waals surface area contributed by atoms with Crippen LogP contribution in [-0.2, 0) is 6.42 Å². The van der Waals surface area contributed by atoms with Gasteiger partial charge in [-0.25, -0.2) is 0 Å². The van der Waals surface area contributed by atoms with E-state index in [1.165, 1.54) is 33.4 Å². The van der Waals surface area contributed by atoms with Gasteiger partial charge >= 0.3 is 0 Å². The van der Waals surface area contributed by atoms with Gasteiger partial charge < -0.3 is 0 Å². The number of rotatable bonds is 22. The normalized spacial score (nSPS) is 12.6. The van der Waals surface area contributed by atoms with Crippen molar-refractivity contribution < 1.29 is 0 Å². The van der Waals surface area contributed by atoms with Crippen LogP contribution in [-0.4, -0.2) is 56.0 Å². The molecule has 5 heterocycles. The fraction of sp³-hybridized carbons (Fsp3) is 0.160. The van der Waals surface area contributed by atoms with Crippen LogP contribution in [0.3, 0.4) is 0 Å². The minimum absolute atomic E-state index is 0.102. The van der Waals surface area contributed by atoms with Crippen LogP contribution in [0.2, 0.25) is 0 Å². The van der Waals surface area contributed by atoms with Crippen molar-refractivity contribution in [3.8, 4) is 0 Å². The third-order valence-corrected chi connectivity index (χ3v) is 14.1. The summed E-state index contributed by atoms with van der Waals surface area (Å²) in [6.07, 6.45) is 24.7. The van der Waals surface area contributed by atoms with Crippen molar-refractivity contribution in [2.45, 2.75) is 83.1 Å². The molecule has 6 aromatic carbocycles. The van der Waals surface area contributed by atoms with Crippen LogP contribution in [0.5, 0.6) is 0 Å². The van der Waals surface area contributed by atoms with Gasteiger partial charge in [0.2, 0.25) is 0 Å². The van der Waals surface area contributed by atoms with Crippen molar-refractivity contribution in [2.75, 3.05) is 0 Å². The van der Waals surface area contributed by atoms with E-state index in [0.717, 1.165) is 60.6 Å². The lowest BCUT2D eigenvalue weighted by atomic mass is 9.99. The molecule has 10 nitrogen and oxygen atoms in total. The fourth-order valence-electron chi connectivity index (χ4n) is 9.29. The number of nitrogens with zero attached hydrogens (tertiary/aromatic N) is 10. The Morgan fingerprint density at radius 2 is 0.495 bits per heavy atom. The molecule has 11 rings (SSSR count). The predicted octanol–water partition coefficient (Wildman–Crippen LogP) is 19.3. The van der Waals surface area contributed by atoms with Gasteiger partial charge in [-0.2, -0.15) is 0 Å². The zero-order valence-electron chi connectivity index (χ0n) is 52.4. The third kappa shape index (κ3) is 25.8. The van der Waals surface area contributed by atoms with Crippen LogP contribution < -0.4 is 0 Å². The summed E-state index contributed by atoms with van der Waals surface area (Å²) in [4.78, 5) is 44.4. The lowest BCUT2D eigenvalue weighted by molar-refractivity contribution is 0.704. The van der Waals surface area contributed by atoms with Crippen molar-refractivity contribution >= 4 is 31.1 Å². The summed E-state index contributed by atoms with van der Waals surface area (Å²) in [6, 6.07) is 92.2. The van der Waals surface area contributed by atoms with Crippen molar-refractivity contribution in [1.82, 2.24) is 24.9 Å². The van der Waals surface area contributed by atoms with E-state index in [-0.39, 0.29) is 30.2 Å². The van der Waals surface area contributed by atoms with Crippen LogP contribution in [0.15, 0.2) is 342 Å². The zero-order chi connectivity index (χ0) is 63.4. The summed E-state index contributed by atoms with van der Waals surface area (Å²) in [6.45, 7) is 10.2. The summed E-state index contributed by atoms with van der Waals surface area (Å²) in [5.41, 5.74) is 11.9. The van der Waals surface area contributed by atoms with Crippen LogP contribution in [0, 0.1) is 0 Å². The molecule has 11 aromatic rings. The molecule has 0 spiro atoms. The van der Waals surface area contributed by atoms with E-state index in [9.17, 15) is 0 Å². The minimum atomic E-state index is 0.102. The Morgan fingerprint density at radius 3 is 0.736 bits per heavy atom. The van der Waals surface area contributed by atoms with Crippen LogP contribution in [0.4, 0.5) is 0 Å². The maximum Gasteiger partial charge on any atom is 0.0808 e. The van der Waals surface area contributed by atoms with Crippen molar-refractivity contribution in [1.29, 1.82) is 0 Å². The largest absolute Gasteiger partial charge is 0.283 e. The number of aromatic nitrogens is 5. The van der Waals surface area contributed by atoms with E-state index in [4.69, 9.17) is 4.99 Å². The van der Waals surface area contributed by atoms with Gasteiger partial charge in [-0.05, 0) is 126 Å². The second kappa shape index (κ2) is 41.3. The Hall–Kier alpha value is -10.8. The van der Waals surface area contributed by atoms with Gasteiger partial charge in [-0.3, -0.25) is 49.9 Å². The quantitative estimate of drug-likeness (QED) is 0.0493. The highest BCUT2D eigenvalue weighted by Gasteiger charge is 2.12. The number of benzene rings is 6. The molecule has 0 fully saturated rings. The molecule has 0 bridgehead atoms. The average Bonchev–Trinajstić information content (AvgIpc) is 3.82. The molecule has 0 amide bonds. The molecule has 5 atom stereocenters. The monoisotopic (exact) mass is 1190 g/mol. The van der Waals surface area contributed by atoms with Gasteiger partial charge in [-0.1, -0.05) is 239 Å². The Kier molecular flexibility index (Phi) is 30.7. The molecule has 5 unspecified atom stereocenters. The molecular formula is C81H82N10. The standard InChI is InChI=1S/C20H18N2.C16H16N2.3C15H16N2/c1-3-9-17(10-4-1)15-20(18-11-5-2-6-12-18)22-16-19-13-7-8-14-21-19;1-2-8-16(14-9-4-3-5-10-14)18-13-15-11-6-7-12-17-15;3*1-2-15(13-8-4-3-5-9-13)17-12-14-10-6-7-11-16-14/h1-14,16,20H,15H2;2-7,9-13,16H,1,8H2;3*3-12,15H,2H2,1H3. The summed E-state index contributed by atoms with van der Waals surface area (Å²) >= 11 is 0. The van der Waals surface area contributed by atoms with E-state index in [2.05, 4.69) is 169 Å². The van der Waals surface area contributed by atoms with E-state index >= 15 is 0 Å². The second-order valence-electron chi connectivity index (χ2n) is 20.7. The molecule has 0 radical (unpaired) electrons. The number of pyridine rings is 5. The van der Waals surface area contributed by atoms with E-state index < -0.39 is 0 Å². The molecule has 0 N–H and O–H groups in total. The van der Waals surface area contributed by atoms with Gasteiger partial charge in [0.1, 0.15) is 0 Å². The fourth-order valence-corrected chi connectivity index (χ4v) is 9.29. The SMILES string of the molecule is C(=NC(Cc1ccccc1)c1ccccc1)c1ccccn1.C=CCC(N=Cc1ccccn1)c1ccccc1.CCC(N=Cc1ccccn1)c1ccccc1.CCC(N=Cc1ccccn1)c1ccccc1.CCC(N=Cc1ccccn1)c1ccccc1. The van der Waals surface area contributed by atoms with Crippen molar-refractivity contribution in [3.05, 3.63) is 378 Å². The zero-order valence-corrected chi connectivity index (χ0v) is 52.4. The molecule has 5 aromatic heterocycles. The molecule has 456 valence electrons. The highest BCUT2D eigenvalue weighted by molar-refractivity contribution is 5.79. The first-order chi connectivity index (χ1) is 45.0. The first-order valence-corrected chi connectivity index (χ1v) is 31.1. The molecular weight excluding hydrogens is 1110 g/mol. The average molecular weight is 1200 g/mol. The number of aliphatic imine (C=N–C) groups is 5. The molecule has 0 aliphatic heterocycles. The number of hydrogen-bond donors (Lipinski definition) is 0. The van der Waals surface area contributed by atoms with Gasteiger partial charge in [0.05, 0.1) is 58.7 Å². The Labute approximate surface area is 539 Å². The van der Waals surface area contributed by atoms with Gasteiger partial charge in [0, 0.05) is 62.1 Å². The summed E-state index contributed by atoms with van der Waals surface area (Å²) < 4.78 is 0. The topological polar surface area (TPSA) is 126 Å². The van der Waals surface area contributed by atoms with Gasteiger partial charge in [0.15, 0.2) is 0 Å². The van der Waals surface area contributed by atoms with E-state index in [1.54, 1.807) is 31.0 Å². The maximum absolute atomic E-state index is 4.77. The van der Waals surface area contributed by atoms with Gasteiger partial charge in [-0.15, -0.1) is 6.58 Å². The smallest absolute Gasteiger partial charge is 0.0808 e. The molecule has 91 heavy (non-hydrogen) atoms. The van der Waals surface area contributed by atoms with E-state index in [1.807, 2.05) is 213 Å².